The molecule has 1 saturated heterocycles. The molecule has 3 rings (SSSR count). The third-order valence-electron chi connectivity index (χ3n) is 5.25. The number of halogens is 1. The number of nitrogens with one attached hydrogen (secondary N) is 1. The Morgan fingerprint density at radius 3 is 2.52 bits per heavy atom. The van der Waals surface area contributed by atoms with Gasteiger partial charge < -0.3 is 19.9 Å². The predicted molar refractivity (Wildman–Crippen MR) is 121 cm³/mol. The standard InChI is InChI=1S/C23H28FN3O3S/c1-17-7-8-18(15-21(17)30-2)22(28)26-10-12-27(13-11-26)23(29)25-9-14-31-16-19-5-3-4-6-20(19)24/h3-8,15H,9-14,16H2,1-2H3,(H,25,29). The topological polar surface area (TPSA) is 61.9 Å². The first-order chi connectivity index (χ1) is 15.0. The average Bonchev–Trinajstić information content (AvgIpc) is 2.80. The van der Waals surface area contributed by atoms with Crippen LogP contribution in [0.1, 0.15) is 21.5 Å². The van der Waals surface area contributed by atoms with Crippen LogP contribution in [0.4, 0.5) is 9.18 Å². The number of thioether (sulfide) groups is 1. The summed E-state index contributed by atoms with van der Waals surface area (Å²) in [6.45, 7) is 4.41. The Balaban J connectivity index is 1.38. The van der Waals surface area contributed by atoms with Crippen molar-refractivity contribution < 1.29 is 18.7 Å². The number of aryl methyl sites for hydroxylation is 1. The summed E-state index contributed by atoms with van der Waals surface area (Å²) >= 11 is 1.58. The summed E-state index contributed by atoms with van der Waals surface area (Å²) in [7, 11) is 1.59. The van der Waals surface area contributed by atoms with Crippen molar-refractivity contribution in [2.24, 2.45) is 0 Å². The number of carbonyl (C=O) groups excluding carboxylic acids is 2. The van der Waals surface area contributed by atoms with Gasteiger partial charge in [0.15, 0.2) is 0 Å². The number of benzene rings is 2. The van der Waals surface area contributed by atoms with E-state index in [1.165, 1.54) is 6.07 Å². The van der Waals surface area contributed by atoms with Crippen molar-refractivity contribution in [3.05, 3.63) is 65.0 Å². The zero-order valence-electron chi connectivity index (χ0n) is 17.9. The lowest BCUT2D eigenvalue weighted by molar-refractivity contribution is 0.0665. The zero-order chi connectivity index (χ0) is 22.2. The van der Waals surface area contributed by atoms with E-state index in [0.717, 1.165) is 5.56 Å². The van der Waals surface area contributed by atoms with Gasteiger partial charge >= 0.3 is 6.03 Å². The van der Waals surface area contributed by atoms with Crippen molar-refractivity contribution in [1.29, 1.82) is 0 Å². The minimum absolute atomic E-state index is 0.0529. The first-order valence-electron chi connectivity index (χ1n) is 10.3. The molecule has 166 valence electrons. The molecule has 3 amide bonds. The molecule has 6 nitrogen and oxygen atoms in total. The summed E-state index contributed by atoms with van der Waals surface area (Å²) in [5.74, 6) is 1.72. The largest absolute Gasteiger partial charge is 0.496 e. The molecule has 1 N–H and O–H groups in total. The van der Waals surface area contributed by atoms with E-state index in [1.807, 2.05) is 19.1 Å². The second kappa shape index (κ2) is 11.0. The van der Waals surface area contributed by atoms with Crippen molar-refractivity contribution in [2.75, 3.05) is 45.6 Å². The molecule has 0 saturated carbocycles. The number of amides is 3. The van der Waals surface area contributed by atoms with E-state index in [1.54, 1.807) is 52.9 Å². The second-order valence-corrected chi connectivity index (χ2v) is 8.44. The Kier molecular flexibility index (Phi) is 8.17. The monoisotopic (exact) mass is 445 g/mol. The average molecular weight is 446 g/mol. The fourth-order valence-corrected chi connectivity index (χ4v) is 4.23. The molecule has 2 aromatic carbocycles. The number of urea groups is 1. The normalized spacial score (nSPS) is 13.8. The molecule has 1 aliphatic heterocycles. The van der Waals surface area contributed by atoms with Crippen LogP contribution in [0, 0.1) is 12.7 Å². The van der Waals surface area contributed by atoms with E-state index in [9.17, 15) is 14.0 Å². The number of ether oxygens (including phenoxy) is 1. The Hall–Kier alpha value is -2.74. The van der Waals surface area contributed by atoms with E-state index < -0.39 is 0 Å². The number of hydrogen-bond acceptors (Lipinski definition) is 4. The van der Waals surface area contributed by atoms with E-state index in [4.69, 9.17) is 4.74 Å². The molecule has 0 bridgehead atoms. The highest BCUT2D eigenvalue weighted by Crippen LogP contribution is 2.20. The first-order valence-corrected chi connectivity index (χ1v) is 11.4. The summed E-state index contributed by atoms with van der Waals surface area (Å²) in [5.41, 5.74) is 2.24. The van der Waals surface area contributed by atoms with Crippen LogP contribution < -0.4 is 10.1 Å². The van der Waals surface area contributed by atoms with Crippen molar-refractivity contribution >= 4 is 23.7 Å². The molecule has 1 fully saturated rings. The van der Waals surface area contributed by atoms with Gasteiger partial charge in [0.1, 0.15) is 11.6 Å². The second-order valence-electron chi connectivity index (χ2n) is 7.34. The SMILES string of the molecule is COc1cc(C(=O)N2CCN(C(=O)NCCSCc3ccccc3F)CC2)ccc1C. The summed E-state index contributed by atoms with van der Waals surface area (Å²) in [4.78, 5) is 28.6. The van der Waals surface area contributed by atoms with Crippen molar-refractivity contribution in [2.45, 2.75) is 12.7 Å². The van der Waals surface area contributed by atoms with Crippen LogP contribution >= 0.6 is 11.8 Å². The molecule has 0 radical (unpaired) electrons. The molecule has 2 aromatic rings. The maximum atomic E-state index is 13.6. The van der Waals surface area contributed by atoms with Gasteiger partial charge in [0.25, 0.3) is 5.91 Å². The maximum absolute atomic E-state index is 13.6. The van der Waals surface area contributed by atoms with E-state index in [0.29, 0.717) is 61.1 Å². The smallest absolute Gasteiger partial charge is 0.317 e. The third-order valence-corrected chi connectivity index (χ3v) is 6.26. The number of hydrogen-bond donors (Lipinski definition) is 1. The van der Waals surface area contributed by atoms with Crippen LogP contribution in [0.2, 0.25) is 0 Å². The molecule has 1 heterocycles. The molecular weight excluding hydrogens is 417 g/mol. The van der Waals surface area contributed by atoms with Crippen molar-refractivity contribution in [3.63, 3.8) is 0 Å². The summed E-state index contributed by atoms with van der Waals surface area (Å²) in [6, 6.07) is 12.0. The molecule has 0 aliphatic carbocycles. The lowest BCUT2D eigenvalue weighted by atomic mass is 10.1. The first kappa shape index (κ1) is 22.9. The molecule has 31 heavy (non-hydrogen) atoms. The van der Waals surface area contributed by atoms with Gasteiger partial charge in [-0.3, -0.25) is 4.79 Å². The van der Waals surface area contributed by atoms with Gasteiger partial charge in [-0.05, 0) is 36.2 Å². The Labute approximate surface area is 186 Å². The fourth-order valence-electron chi connectivity index (χ4n) is 3.39. The summed E-state index contributed by atoms with van der Waals surface area (Å²) in [6.07, 6.45) is 0. The van der Waals surface area contributed by atoms with Gasteiger partial charge in [-0.2, -0.15) is 11.8 Å². The highest BCUT2D eigenvalue weighted by molar-refractivity contribution is 7.98. The van der Waals surface area contributed by atoms with Gasteiger partial charge in [-0.1, -0.05) is 24.3 Å². The van der Waals surface area contributed by atoms with Crippen molar-refractivity contribution in [1.82, 2.24) is 15.1 Å². The van der Waals surface area contributed by atoms with Crippen LogP contribution in [0.3, 0.4) is 0 Å². The minimum atomic E-state index is -0.199. The quantitative estimate of drug-likeness (QED) is 0.663. The Bertz CT molecular complexity index is 917. The van der Waals surface area contributed by atoms with Gasteiger partial charge in [0.05, 0.1) is 7.11 Å². The Morgan fingerprint density at radius 1 is 1.10 bits per heavy atom. The highest BCUT2D eigenvalue weighted by atomic mass is 32.2. The number of piperazine rings is 1. The van der Waals surface area contributed by atoms with E-state index in [2.05, 4.69) is 5.32 Å². The lowest BCUT2D eigenvalue weighted by Crippen LogP contribution is -2.53. The fraction of sp³-hybridized carbons (Fsp3) is 0.391. The number of carbonyl (C=O) groups is 2. The molecular formula is C23H28FN3O3S. The van der Waals surface area contributed by atoms with Gasteiger partial charge in [0, 0.05) is 49.8 Å². The third kappa shape index (κ3) is 6.13. The van der Waals surface area contributed by atoms with Crippen LogP contribution in [-0.2, 0) is 5.75 Å². The molecule has 0 unspecified atom stereocenters. The van der Waals surface area contributed by atoms with Crippen LogP contribution in [-0.4, -0.2) is 67.3 Å². The van der Waals surface area contributed by atoms with Crippen LogP contribution in [0.15, 0.2) is 42.5 Å². The van der Waals surface area contributed by atoms with Crippen LogP contribution in [0.5, 0.6) is 5.75 Å². The zero-order valence-corrected chi connectivity index (χ0v) is 18.7. The molecule has 0 atom stereocenters. The minimum Gasteiger partial charge on any atom is -0.496 e. The molecule has 0 aromatic heterocycles. The van der Waals surface area contributed by atoms with Crippen molar-refractivity contribution in [3.8, 4) is 5.75 Å². The predicted octanol–water partition coefficient (Wildman–Crippen LogP) is 3.54. The number of rotatable bonds is 7. The number of methoxy groups -OCH3 is 1. The van der Waals surface area contributed by atoms with Gasteiger partial charge in [-0.15, -0.1) is 0 Å². The van der Waals surface area contributed by atoms with Crippen LogP contribution in [0.25, 0.3) is 0 Å². The lowest BCUT2D eigenvalue weighted by Gasteiger charge is -2.34. The van der Waals surface area contributed by atoms with Gasteiger partial charge in [0.2, 0.25) is 0 Å². The number of nitrogens with zero attached hydrogens (tertiary/aromatic N) is 2. The maximum Gasteiger partial charge on any atom is 0.317 e. The van der Waals surface area contributed by atoms with Gasteiger partial charge in [-0.25, -0.2) is 9.18 Å². The highest BCUT2D eigenvalue weighted by Gasteiger charge is 2.25. The summed E-state index contributed by atoms with van der Waals surface area (Å²) < 4.78 is 18.9. The Morgan fingerprint density at radius 2 is 1.81 bits per heavy atom. The summed E-state index contributed by atoms with van der Waals surface area (Å²) in [5, 5.41) is 2.90. The van der Waals surface area contributed by atoms with E-state index in [-0.39, 0.29) is 17.8 Å². The molecule has 0 spiro atoms. The van der Waals surface area contributed by atoms with E-state index >= 15 is 0 Å². The molecule has 1 aliphatic rings. The molecule has 8 heteroatoms.